The minimum atomic E-state index is -0.451. The molecule has 0 bridgehead atoms. The van der Waals surface area contributed by atoms with E-state index in [1.54, 1.807) is 25.3 Å². The van der Waals surface area contributed by atoms with Crippen molar-refractivity contribution in [3.8, 4) is 5.75 Å². The second kappa shape index (κ2) is 10.1. The first-order valence-electron chi connectivity index (χ1n) is 8.60. The molecule has 0 aromatic heterocycles. The minimum Gasteiger partial charge on any atom is -0.496 e. The predicted molar refractivity (Wildman–Crippen MR) is 115 cm³/mol. The Morgan fingerprint density at radius 2 is 1.68 bits per heavy atom. The maximum atomic E-state index is 12.1. The molecule has 2 aromatic rings. The van der Waals surface area contributed by atoms with E-state index in [-0.39, 0.29) is 18.7 Å². The lowest BCUT2D eigenvalue weighted by molar-refractivity contribution is -0.124. The number of carbonyl (C=O) groups excluding carboxylic acids is 3. The highest BCUT2D eigenvalue weighted by Crippen LogP contribution is 2.21. The molecule has 2 aromatic carbocycles. The summed E-state index contributed by atoms with van der Waals surface area (Å²) >= 11 is 2.06. The molecule has 0 aliphatic rings. The zero-order valence-electron chi connectivity index (χ0n) is 15.9. The van der Waals surface area contributed by atoms with Crippen LogP contribution in [0.15, 0.2) is 36.4 Å². The molecule has 2 rings (SSSR count). The van der Waals surface area contributed by atoms with Crippen LogP contribution in [0.4, 0.5) is 5.69 Å². The number of methoxy groups -OCH3 is 1. The van der Waals surface area contributed by atoms with Crippen LogP contribution in [0.1, 0.15) is 34.3 Å². The lowest BCUT2D eigenvalue weighted by atomic mass is 10.1. The fourth-order valence-corrected chi connectivity index (χ4v) is 3.11. The Hall–Kier alpha value is -2.62. The topological polar surface area (TPSA) is 96.5 Å². The molecule has 8 heteroatoms. The Labute approximate surface area is 177 Å². The average molecular weight is 495 g/mol. The van der Waals surface area contributed by atoms with Crippen molar-refractivity contribution >= 4 is 46.0 Å². The molecule has 3 amide bonds. The SMILES string of the molecule is COc1ccc(C(=O)NNC(=O)CCC(=O)Nc2cc(C)ccc2C)cc1I. The van der Waals surface area contributed by atoms with Crippen LogP contribution in [0.2, 0.25) is 0 Å². The minimum absolute atomic E-state index is 0.00944. The standard InChI is InChI=1S/C20H22IN3O4/c1-12-4-5-13(2)16(10-12)22-18(25)8-9-19(26)23-24-20(27)14-6-7-17(28-3)15(21)11-14/h4-7,10-11H,8-9H2,1-3H3,(H,22,25)(H,23,26)(H,24,27). The van der Waals surface area contributed by atoms with E-state index in [1.807, 2.05) is 32.0 Å². The second-order valence-electron chi connectivity index (χ2n) is 6.22. The third-order valence-electron chi connectivity index (χ3n) is 3.98. The van der Waals surface area contributed by atoms with Gasteiger partial charge < -0.3 is 10.1 Å². The number of hydrogen-bond donors (Lipinski definition) is 3. The average Bonchev–Trinajstić information content (AvgIpc) is 2.67. The number of ether oxygens (including phenoxy) is 1. The summed E-state index contributed by atoms with van der Waals surface area (Å²) in [6.45, 7) is 3.84. The summed E-state index contributed by atoms with van der Waals surface area (Å²) in [6, 6.07) is 10.7. The molecule has 0 aliphatic heterocycles. The molecule has 0 spiro atoms. The van der Waals surface area contributed by atoms with Gasteiger partial charge in [0.05, 0.1) is 10.7 Å². The van der Waals surface area contributed by atoms with Crippen LogP contribution in [0.5, 0.6) is 5.75 Å². The Balaban J connectivity index is 1.79. The molecule has 0 aliphatic carbocycles. The normalized spacial score (nSPS) is 10.1. The van der Waals surface area contributed by atoms with Crippen molar-refractivity contribution in [1.82, 2.24) is 10.9 Å². The third-order valence-corrected chi connectivity index (χ3v) is 4.82. The highest BCUT2D eigenvalue weighted by molar-refractivity contribution is 14.1. The van der Waals surface area contributed by atoms with Crippen molar-refractivity contribution in [2.24, 2.45) is 0 Å². The molecule has 0 saturated heterocycles. The Kier molecular flexibility index (Phi) is 7.80. The van der Waals surface area contributed by atoms with Crippen molar-refractivity contribution in [1.29, 1.82) is 0 Å². The fraction of sp³-hybridized carbons (Fsp3) is 0.250. The first kappa shape index (κ1) is 21.7. The van der Waals surface area contributed by atoms with Crippen LogP contribution < -0.4 is 20.9 Å². The summed E-state index contributed by atoms with van der Waals surface area (Å²) in [5.74, 6) is -0.502. The van der Waals surface area contributed by atoms with E-state index < -0.39 is 11.8 Å². The first-order valence-corrected chi connectivity index (χ1v) is 9.68. The van der Waals surface area contributed by atoms with Gasteiger partial charge in [-0.05, 0) is 71.8 Å². The lowest BCUT2D eigenvalue weighted by Gasteiger charge is -2.10. The summed E-state index contributed by atoms with van der Waals surface area (Å²) in [4.78, 5) is 36.0. The number of benzene rings is 2. The Bertz CT molecular complexity index is 899. The van der Waals surface area contributed by atoms with Crippen LogP contribution in [0, 0.1) is 17.4 Å². The first-order chi connectivity index (χ1) is 13.3. The molecule has 28 heavy (non-hydrogen) atoms. The molecular formula is C20H22IN3O4. The maximum Gasteiger partial charge on any atom is 0.269 e. The van der Waals surface area contributed by atoms with Gasteiger partial charge in [0.25, 0.3) is 5.91 Å². The molecule has 0 unspecified atom stereocenters. The summed E-state index contributed by atoms with van der Waals surface area (Å²) in [5.41, 5.74) is 7.76. The maximum absolute atomic E-state index is 12.1. The van der Waals surface area contributed by atoms with Gasteiger partial charge in [0.2, 0.25) is 11.8 Å². The van der Waals surface area contributed by atoms with Gasteiger partial charge in [0.1, 0.15) is 5.75 Å². The number of hydrazine groups is 1. The second-order valence-corrected chi connectivity index (χ2v) is 7.38. The van der Waals surface area contributed by atoms with E-state index in [2.05, 4.69) is 38.8 Å². The molecule has 0 saturated carbocycles. The Morgan fingerprint density at radius 3 is 2.36 bits per heavy atom. The number of aryl methyl sites for hydroxylation is 2. The summed E-state index contributed by atoms with van der Waals surface area (Å²) in [7, 11) is 1.55. The van der Waals surface area contributed by atoms with E-state index >= 15 is 0 Å². The van der Waals surface area contributed by atoms with E-state index in [9.17, 15) is 14.4 Å². The quantitative estimate of drug-likeness (QED) is 0.424. The van der Waals surface area contributed by atoms with Gasteiger partial charge in [-0.3, -0.25) is 25.2 Å². The number of halogens is 1. The highest BCUT2D eigenvalue weighted by Gasteiger charge is 2.12. The van der Waals surface area contributed by atoms with Crippen molar-refractivity contribution in [2.45, 2.75) is 26.7 Å². The molecule has 0 heterocycles. The molecular weight excluding hydrogens is 473 g/mol. The van der Waals surface area contributed by atoms with Crippen molar-refractivity contribution in [3.63, 3.8) is 0 Å². The van der Waals surface area contributed by atoms with Crippen molar-refractivity contribution in [2.75, 3.05) is 12.4 Å². The largest absolute Gasteiger partial charge is 0.496 e. The van der Waals surface area contributed by atoms with Gasteiger partial charge in [0.15, 0.2) is 0 Å². The van der Waals surface area contributed by atoms with Gasteiger partial charge >= 0.3 is 0 Å². The smallest absolute Gasteiger partial charge is 0.269 e. The van der Waals surface area contributed by atoms with Gasteiger partial charge in [0, 0.05) is 24.1 Å². The number of rotatable bonds is 6. The van der Waals surface area contributed by atoms with Crippen LogP contribution >= 0.6 is 22.6 Å². The van der Waals surface area contributed by atoms with Crippen LogP contribution in [0.3, 0.4) is 0 Å². The highest BCUT2D eigenvalue weighted by atomic mass is 127. The molecule has 7 nitrogen and oxygen atoms in total. The van der Waals surface area contributed by atoms with E-state index in [0.717, 1.165) is 20.4 Å². The fourth-order valence-electron chi connectivity index (χ4n) is 2.38. The summed E-state index contributed by atoms with van der Waals surface area (Å²) in [5, 5.41) is 2.80. The van der Waals surface area contributed by atoms with Crippen molar-refractivity contribution in [3.05, 3.63) is 56.7 Å². The molecule has 0 atom stereocenters. The Morgan fingerprint density at radius 1 is 0.964 bits per heavy atom. The van der Waals surface area contributed by atoms with E-state index in [0.29, 0.717) is 11.3 Å². The van der Waals surface area contributed by atoms with Crippen LogP contribution in [0.25, 0.3) is 0 Å². The number of hydrogen-bond acceptors (Lipinski definition) is 4. The third kappa shape index (κ3) is 6.22. The molecule has 0 radical (unpaired) electrons. The number of anilines is 1. The van der Waals surface area contributed by atoms with E-state index in [4.69, 9.17) is 4.74 Å². The molecule has 3 N–H and O–H groups in total. The summed E-state index contributed by atoms with van der Waals surface area (Å²) in [6.07, 6.45) is -0.0351. The number of carbonyl (C=O) groups is 3. The van der Waals surface area contributed by atoms with E-state index in [1.165, 1.54) is 0 Å². The number of nitrogens with one attached hydrogen (secondary N) is 3. The van der Waals surface area contributed by atoms with Gasteiger partial charge in [-0.15, -0.1) is 0 Å². The van der Waals surface area contributed by atoms with Crippen LogP contribution in [-0.2, 0) is 9.59 Å². The van der Waals surface area contributed by atoms with Gasteiger partial charge in [-0.1, -0.05) is 12.1 Å². The zero-order chi connectivity index (χ0) is 20.7. The van der Waals surface area contributed by atoms with Gasteiger partial charge in [-0.25, -0.2) is 0 Å². The van der Waals surface area contributed by atoms with Crippen molar-refractivity contribution < 1.29 is 19.1 Å². The predicted octanol–water partition coefficient (Wildman–Crippen LogP) is 3.10. The van der Waals surface area contributed by atoms with Crippen LogP contribution in [-0.4, -0.2) is 24.8 Å². The summed E-state index contributed by atoms with van der Waals surface area (Å²) < 4.78 is 5.92. The lowest BCUT2D eigenvalue weighted by Crippen LogP contribution is -2.41. The number of amides is 3. The molecule has 0 fully saturated rings. The monoisotopic (exact) mass is 495 g/mol. The van der Waals surface area contributed by atoms with Gasteiger partial charge in [-0.2, -0.15) is 0 Å². The zero-order valence-corrected chi connectivity index (χ0v) is 18.0. The molecule has 148 valence electrons.